The van der Waals surface area contributed by atoms with E-state index < -0.39 is 36.8 Å². The molecule has 0 aliphatic heterocycles. The van der Waals surface area contributed by atoms with E-state index >= 15 is 0 Å². The molecule has 0 amide bonds. The van der Waals surface area contributed by atoms with E-state index in [1.807, 2.05) is 6.92 Å². The second kappa shape index (κ2) is 12.5. The first-order valence-corrected chi connectivity index (χ1v) is 11.8. The number of nitrogen functional groups attached to an aromatic ring is 2. The van der Waals surface area contributed by atoms with Gasteiger partial charge in [0.25, 0.3) is 0 Å². The van der Waals surface area contributed by atoms with Gasteiger partial charge in [-0.2, -0.15) is 22.0 Å². The summed E-state index contributed by atoms with van der Waals surface area (Å²) >= 11 is 0. The largest absolute Gasteiger partial charge is 0.493 e. The van der Waals surface area contributed by atoms with Crippen LogP contribution in [0.4, 0.5) is 33.3 Å². The van der Waals surface area contributed by atoms with Gasteiger partial charge in [-0.05, 0) is 65.7 Å². The van der Waals surface area contributed by atoms with Crippen LogP contribution < -0.4 is 20.9 Å². The molecular weight excluding hydrogens is 523 g/mol. The number of carbonyl (C=O) groups excluding carboxylic acids is 1. The number of anilines is 2. The number of halogens is 5. The molecule has 0 aliphatic carbocycles. The summed E-state index contributed by atoms with van der Waals surface area (Å²) in [6, 6.07) is 15.0. The van der Waals surface area contributed by atoms with Crippen LogP contribution in [-0.4, -0.2) is 25.4 Å². The van der Waals surface area contributed by atoms with Crippen LogP contribution in [0.1, 0.15) is 36.0 Å². The van der Waals surface area contributed by atoms with Crippen LogP contribution in [0.5, 0.6) is 11.5 Å². The van der Waals surface area contributed by atoms with E-state index in [0.717, 1.165) is 17.7 Å². The van der Waals surface area contributed by atoms with Crippen LogP contribution >= 0.6 is 0 Å². The number of ether oxygens (including phenoxy) is 3. The molecule has 0 heterocycles. The van der Waals surface area contributed by atoms with Gasteiger partial charge in [-0.25, -0.2) is 4.79 Å². The Morgan fingerprint density at radius 2 is 1.56 bits per heavy atom. The highest BCUT2D eigenvalue weighted by molar-refractivity contribution is 5.87. The average molecular weight is 551 g/mol. The first-order chi connectivity index (χ1) is 18.3. The third kappa shape index (κ3) is 9.20. The van der Waals surface area contributed by atoms with E-state index in [0.29, 0.717) is 16.9 Å². The summed E-state index contributed by atoms with van der Waals surface area (Å²) in [7, 11) is 0. The topological polar surface area (TPSA) is 96.8 Å². The minimum absolute atomic E-state index is 0.0838. The average Bonchev–Trinajstić information content (AvgIpc) is 2.86. The standard InChI is InChI=1S/C28H27F5N2O4/c1-18(24-12-7-21(34)16-25(24)35)17-38-26(36)13-4-19-2-5-20(6-3-19)28(32,33)39-23-10-8-22(9-11-23)37-15-14-27(29,30)31/h2-13,16,18H,14-15,17,34-35H2,1H3/b13-4+. The Kier molecular flexibility index (Phi) is 9.39. The zero-order chi connectivity index (χ0) is 28.6. The summed E-state index contributed by atoms with van der Waals surface area (Å²) in [5.74, 6) is -0.889. The van der Waals surface area contributed by atoms with E-state index in [4.69, 9.17) is 25.7 Å². The van der Waals surface area contributed by atoms with Gasteiger partial charge in [0.15, 0.2) is 0 Å². The summed E-state index contributed by atoms with van der Waals surface area (Å²) in [6.45, 7) is 1.34. The Morgan fingerprint density at radius 3 is 2.18 bits per heavy atom. The van der Waals surface area contributed by atoms with Crippen LogP contribution in [0.15, 0.2) is 72.8 Å². The number of esters is 1. The SMILES string of the molecule is CC(COC(=O)/C=C/c1ccc(C(F)(F)Oc2ccc(OCCC(F)(F)F)cc2)cc1)c1ccc(N)cc1N. The number of nitrogens with two attached hydrogens (primary N) is 2. The predicted octanol–water partition coefficient (Wildman–Crippen LogP) is 6.67. The third-order valence-corrected chi connectivity index (χ3v) is 5.50. The van der Waals surface area contributed by atoms with Crippen LogP contribution in [0.25, 0.3) is 6.08 Å². The van der Waals surface area contributed by atoms with Gasteiger partial charge in [-0.1, -0.05) is 25.1 Å². The van der Waals surface area contributed by atoms with Gasteiger partial charge in [-0.15, -0.1) is 0 Å². The van der Waals surface area contributed by atoms with E-state index in [1.165, 1.54) is 48.6 Å². The van der Waals surface area contributed by atoms with Gasteiger partial charge in [0, 0.05) is 23.4 Å². The molecule has 0 spiro atoms. The molecule has 3 aromatic rings. The van der Waals surface area contributed by atoms with Crippen molar-refractivity contribution < 1.29 is 41.0 Å². The second-order valence-electron chi connectivity index (χ2n) is 8.68. The molecule has 4 N–H and O–H groups in total. The van der Waals surface area contributed by atoms with Gasteiger partial charge < -0.3 is 25.7 Å². The highest BCUT2D eigenvalue weighted by Gasteiger charge is 2.34. The number of hydrogen-bond acceptors (Lipinski definition) is 6. The number of rotatable bonds is 11. The molecule has 0 aromatic heterocycles. The van der Waals surface area contributed by atoms with Crippen molar-refractivity contribution in [3.05, 3.63) is 89.5 Å². The zero-order valence-electron chi connectivity index (χ0n) is 20.9. The summed E-state index contributed by atoms with van der Waals surface area (Å²) in [6.07, 6.45) is -6.58. The lowest BCUT2D eigenvalue weighted by Gasteiger charge is -2.18. The molecule has 0 aliphatic rings. The molecule has 208 valence electrons. The fraction of sp³-hybridized carbons (Fsp3) is 0.250. The fourth-order valence-electron chi connectivity index (χ4n) is 3.44. The van der Waals surface area contributed by atoms with Crippen LogP contribution in [0, 0.1) is 0 Å². The minimum atomic E-state index is -4.35. The molecule has 11 heteroatoms. The minimum Gasteiger partial charge on any atom is -0.493 e. The maximum atomic E-state index is 14.6. The molecular formula is C28H27F5N2O4. The monoisotopic (exact) mass is 550 g/mol. The highest BCUT2D eigenvalue weighted by atomic mass is 19.4. The quantitative estimate of drug-likeness (QED) is 0.120. The molecule has 0 saturated heterocycles. The lowest BCUT2D eigenvalue weighted by Crippen LogP contribution is -2.21. The summed E-state index contributed by atoms with van der Waals surface area (Å²) in [5.41, 5.74) is 13.5. The Balaban J connectivity index is 1.51. The Hall–Kier alpha value is -4.28. The Labute approximate surface area is 222 Å². The molecule has 3 aromatic carbocycles. The van der Waals surface area contributed by atoms with Crippen LogP contribution in [0.3, 0.4) is 0 Å². The maximum absolute atomic E-state index is 14.6. The van der Waals surface area contributed by atoms with Crippen molar-refractivity contribution in [1.82, 2.24) is 0 Å². The third-order valence-electron chi connectivity index (χ3n) is 5.50. The summed E-state index contributed by atoms with van der Waals surface area (Å²) in [5, 5.41) is 0. The molecule has 0 radical (unpaired) electrons. The van der Waals surface area contributed by atoms with Crippen molar-refractivity contribution in [3.8, 4) is 11.5 Å². The fourth-order valence-corrected chi connectivity index (χ4v) is 3.44. The van der Waals surface area contributed by atoms with Crippen LogP contribution in [-0.2, 0) is 15.6 Å². The van der Waals surface area contributed by atoms with Crippen molar-refractivity contribution in [2.75, 3.05) is 24.7 Å². The zero-order valence-corrected chi connectivity index (χ0v) is 20.9. The smallest absolute Gasteiger partial charge is 0.426 e. The van der Waals surface area contributed by atoms with Gasteiger partial charge in [0.05, 0.1) is 25.2 Å². The van der Waals surface area contributed by atoms with Gasteiger partial charge in [0.2, 0.25) is 0 Å². The van der Waals surface area contributed by atoms with Crippen molar-refractivity contribution in [2.24, 2.45) is 0 Å². The number of benzene rings is 3. The number of hydrogen-bond donors (Lipinski definition) is 2. The summed E-state index contributed by atoms with van der Waals surface area (Å²) in [4.78, 5) is 12.1. The molecule has 0 bridgehead atoms. The Morgan fingerprint density at radius 1 is 0.923 bits per heavy atom. The maximum Gasteiger partial charge on any atom is 0.426 e. The molecule has 1 atom stereocenters. The molecule has 0 fully saturated rings. The predicted molar refractivity (Wildman–Crippen MR) is 137 cm³/mol. The van der Waals surface area contributed by atoms with Gasteiger partial charge in [-0.3, -0.25) is 0 Å². The highest BCUT2D eigenvalue weighted by Crippen LogP contribution is 2.33. The molecule has 0 saturated carbocycles. The Bertz CT molecular complexity index is 1280. The lowest BCUT2D eigenvalue weighted by atomic mass is 10.00. The van der Waals surface area contributed by atoms with Crippen molar-refractivity contribution in [2.45, 2.75) is 31.5 Å². The molecule has 39 heavy (non-hydrogen) atoms. The van der Waals surface area contributed by atoms with Crippen molar-refractivity contribution >= 4 is 23.4 Å². The van der Waals surface area contributed by atoms with Crippen molar-refractivity contribution in [1.29, 1.82) is 0 Å². The number of alkyl halides is 5. The van der Waals surface area contributed by atoms with Crippen LogP contribution in [0.2, 0.25) is 0 Å². The molecule has 1 unspecified atom stereocenters. The van der Waals surface area contributed by atoms with E-state index in [9.17, 15) is 26.7 Å². The van der Waals surface area contributed by atoms with Gasteiger partial charge in [0.1, 0.15) is 11.5 Å². The first kappa shape index (κ1) is 29.3. The normalized spacial score (nSPS) is 12.8. The molecule has 3 rings (SSSR count). The first-order valence-electron chi connectivity index (χ1n) is 11.8. The lowest BCUT2D eigenvalue weighted by molar-refractivity contribution is -0.185. The second-order valence-corrected chi connectivity index (χ2v) is 8.68. The van der Waals surface area contributed by atoms with E-state index in [-0.39, 0.29) is 24.0 Å². The molecule has 6 nitrogen and oxygen atoms in total. The van der Waals surface area contributed by atoms with E-state index in [1.54, 1.807) is 18.2 Å². The van der Waals surface area contributed by atoms with Gasteiger partial charge >= 0.3 is 18.3 Å². The number of carbonyl (C=O) groups is 1. The van der Waals surface area contributed by atoms with E-state index in [2.05, 4.69) is 0 Å². The van der Waals surface area contributed by atoms with Crippen molar-refractivity contribution in [3.63, 3.8) is 0 Å². The summed E-state index contributed by atoms with van der Waals surface area (Å²) < 4.78 is 80.7.